The highest BCUT2D eigenvalue weighted by Gasteiger charge is 2.08. The monoisotopic (exact) mass is 243 g/mol. The molecule has 1 atom stereocenters. The number of rotatable bonds is 6. The van der Waals surface area contributed by atoms with Crippen molar-refractivity contribution in [3.8, 4) is 0 Å². The highest BCUT2D eigenvalue weighted by atomic mass is 35.5. The molecular weight excluding hydrogens is 225 g/mol. The van der Waals surface area contributed by atoms with Gasteiger partial charge >= 0.3 is 0 Å². The third kappa shape index (κ3) is 4.11. The van der Waals surface area contributed by atoms with Crippen LogP contribution in [0.2, 0.25) is 5.02 Å². The number of benzene rings is 1. The molecule has 0 saturated carbocycles. The van der Waals surface area contributed by atoms with Crippen LogP contribution in [0.4, 0.5) is 4.39 Å². The first-order chi connectivity index (χ1) is 7.67. The lowest BCUT2D eigenvalue weighted by atomic mass is 9.97. The fourth-order valence-corrected chi connectivity index (χ4v) is 1.83. The molecule has 1 aromatic rings. The van der Waals surface area contributed by atoms with Crippen LogP contribution in [0.25, 0.3) is 0 Å². The van der Waals surface area contributed by atoms with Crippen LogP contribution in [0, 0.1) is 11.7 Å². The van der Waals surface area contributed by atoms with Gasteiger partial charge < -0.3 is 5.32 Å². The molecule has 1 nitrogen and oxygen atoms in total. The Hall–Kier alpha value is -0.600. The molecule has 0 aliphatic rings. The predicted molar refractivity (Wildman–Crippen MR) is 67.4 cm³/mol. The summed E-state index contributed by atoms with van der Waals surface area (Å²) in [6, 6.07) is 5.07. The van der Waals surface area contributed by atoms with Crippen LogP contribution in [-0.2, 0) is 6.42 Å². The third-order valence-electron chi connectivity index (χ3n) is 2.77. The van der Waals surface area contributed by atoms with Crippen LogP contribution in [-0.4, -0.2) is 13.1 Å². The summed E-state index contributed by atoms with van der Waals surface area (Å²) < 4.78 is 13.2. The van der Waals surface area contributed by atoms with Gasteiger partial charge in [-0.15, -0.1) is 0 Å². The molecule has 3 heteroatoms. The lowest BCUT2D eigenvalue weighted by Gasteiger charge is -2.15. The van der Waals surface area contributed by atoms with Gasteiger partial charge in [-0.1, -0.05) is 37.9 Å². The zero-order valence-electron chi connectivity index (χ0n) is 9.89. The molecule has 0 amide bonds. The van der Waals surface area contributed by atoms with Crippen molar-refractivity contribution >= 4 is 11.6 Å². The smallest absolute Gasteiger partial charge is 0.142 e. The molecular formula is C13H19ClFN. The Bertz CT molecular complexity index is 328. The van der Waals surface area contributed by atoms with Crippen molar-refractivity contribution in [3.63, 3.8) is 0 Å². The Morgan fingerprint density at radius 2 is 2.12 bits per heavy atom. The van der Waals surface area contributed by atoms with Gasteiger partial charge in [-0.3, -0.25) is 0 Å². The van der Waals surface area contributed by atoms with E-state index in [2.05, 4.69) is 19.2 Å². The summed E-state index contributed by atoms with van der Waals surface area (Å²) >= 11 is 5.65. The number of hydrogen-bond acceptors (Lipinski definition) is 1. The van der Waals surface area contributed by atoms with Crippen molar-refractivity contribution in [2.24, 2.45) is 5.92 Å². The predicted octanol–water partition coefficient (Wildman–Crippen LogP) is 3.66. The van der Waals surface area contributed by atoms with E-state index in [-0.39, 0.29) is 10.8 Å². The standard InChI is InChI=1S/C13H19ClFN/c1-3-10(9-16-4-2)7-11-5-6-12(14)13(15)8-11/h5-6,8,10,16H,3-4,7,9H2,1-2H3. The number of hydrogen-bond donors (Lipinski definition) is 1. The van der Waals surface area contributed by atoms with E-state index in [0.717, 1.165) is 31.5 Å². The van der Waals surface area contributed by atoms with E-state index in [1.54, 1.807) is 6.07 Å². The largest absolute Gasteiger partial charge is 0.317 e. The summed E-state index contributed by atoms with van der Waals surface area (Å²) in [6.07, 6.45) is 1.99. The minimum absolute atomic E-state index is 0.198. The second-order valence-corrected chi connectivity index (χ2v) is 4.44. The fourth-order valence-electron chi connectivity index (χ4n) is 1.71. The molecule has 1 unspecified atom stereocenters. The van der Waals surface area contributed by atoms with Crippen LogP contribution in [0.1, 0.15) is 25.8 Å². The van der Waals surface area contributed by atoms with Gasteiger partial charge in [0.05, 0.1) is 5.02 Å². The van der Waals surface area contributed by atoms with E-state index in [1.807, 2.05) is 6.07 Å². The van der Waals surface area contributed by atoms with E-state index in [4.69, 9.17) is 11.6 Å². The Kier molecular flexibility index (Phi) is 5.78. The highest BCUT2D eigenvalue weighted by molar-refractivity contribution is 6.30. The van der Waals surface area contributed by atoms with E-state index in [9.17, 15) is 4.39 Å². The Morgan fingerprint density at radius 1 is 1.38 bits per heavy atom. The molecule has 16 heavy (non-hydrogen) atoms. The maximum Gasteiger partial charge on any atom is 0.142 e. The van der Waals surface area contributed by atoms with E-state index in [0.29, 0.717) is 5.92 Å². The molecule has 0 aliphatic carbocycles. The summed E-state index contributed by atoms with van der Waals surface area (Å²) in [5.74, 6) is 0.234. The van der Waals surface area contributed by atoms with Crippen LogP contribution in [0.3, 0.4) is 0 Å². The second kappa shape index (κ2) is 6.87. The summed E-state index contributed by atoms with van der Waals surface area (Å²) in [6.45, 7) is 6.21. The van der Waals surface area contributed by atoms with Gasteiger partial charge in [0.15, 0.2) is 0 Å². The zero-order valence-corrected chi connectivity index (χ0v) is 10.6. The minimum Gasteiger partial charge on any atom is -0.317 e. The molecule has 1 N–H and O–H groups in total. The van der Waals surface area contributed by atoms with E-state index >= 15 is 0 Å². The van der Waals surface area contributed by atoms with Gasteiger partial charge in [0.1, 0.15) is 5.82 Å². The lowest BCUT2D eigenvalue weighted by molar-refractivity contribution is 0.466. The molecule has 0 saturated heterocycles. The van der Waals surface area contributed by atoms with Crippen molar-refractivity contribution in [1.82, 2.24) is 5.32 Å². The van der Waals surface area contributed by atoms with Crippen molar-refractivity contribution in [3.05, 3.63) is 34.6 Å². The average Bonchev–Trinajstić information content (AvgIpc) is 2.29. The first-order valence-corrected chi connectivity index (χ1v) is 6.19. The average molecular weight is 244 g/mol. The SMILES string of the molecule is CCNCC(CC)Cc1ccc(Cl)c(F)c1. The second-order valence-electron chi connectivity index (χ2n) is 4.03. The normalized spacial score (nSPS) is 12.8. The van der Waals surface area contributed by atoms with E-state index in [1.165, 1.54) is 6.07 Å². The van der Waals surface area contributed by atoms with Crippen molar-refractivity contribution in [1.29, 1.82) is 0 Å². The summed E-state index contributed by atoms with van der Waals surface area (Å²) in [7, 11) is 0. The maximum absolute atomic E-state index is 13.2. The van der Waals surface area contributed by atoms with Gasteiger partial charge in [-0.2, -0.15) is 0 Å². The minimum atomic E-state index is -0.322. The molecule has 1 rings (SSSR count). The first kappa shape index (κ1) is 13.5. The molecule has 0 heterocycles. The van der Waals surface area contributed by atoms with Crippen LogP contribution in [0.15, 0.2) is 18.2 Å². The van der Waals surface area contributed by atoms with Crippen molar-refractivity contribution in [2.45, 2.75) is 26.7 Å². The number of halogens is 2. The van der Waals surface area contributed by atoms with Crippen LogP contribution in [0.5, 0.6) is 0 Å². The van der Waals surface area contributed by atoms with Crippen LogP contribution >= 0.6 is 11.6 Å². The zero-order chi connectivity index (χ0) is 12.0. The topological polar surface area (TPSA) is 12.0 Å². The Balaban J connectivity index is 2.59. The van der Waals surface area contributed by atoms with E-state index < -0.39 is 0 Å². The Morgan fingerprint density at radius 3 is 2.69 bits per heavy atom. The molecule has 0 fully saturated rings. The highest BCUT2D eigenvalue weighted by Crippen LogP contribution is 2.18. The van der Waals surface area contributed by atoms with Crippen molar-refractivity contribution < 1.29 is 4.39 Å². The Labute approximate surface area is 102 Å². The first-order valence-electron chi connectivity index (χ1n) is 5.82. The van der Waals surface area contributed by atoms with Gasteiger partial charge in [0, 0.05) is 0 Å². The quantitative estimate of drug-likeness (QED) is 0.804. The molecule has 0 bridgehead atoms. The lowest BCUT2D eigenvalue weighted by Crippen LogP contribution is -2.23. The van der Waals surface area contributed by atoms with Crippen molar-refractivity contribution in [2.75, 3.05) is 13.1 Å². The molecule has 1 aromatic carbocycles. The van der Waals surface area contributed by atoms with Gasteiger partial charge in [0.2, 0.25) is 0 Å². The van der Waals surface area contributed by atoms with Gasteiger partial charge in [-0.25, -0.2) is 4.39 Å². The maximum atomic E-state index is 13.2. The molecule has 90 valence electrons. The molecule has 0 spiro atoms. The number of nitrogens with one attached hydrogen (secondary N) is 1. The third-order valence-corrected chi connectivity index (χ3v) is 3.08. The summed E-state index contributed by atoms with van der Waals surface area (Å²) in [5.41, 5.74) is 1.02. The van der Waals surface area contributed by atoms with Gasteiger partial charge in [-0.05, 0) is 43.1 Å². The molecule has 0 aromatic heterocycles. The van der Waals surface area contributed by atoms with Crippen LogP contribution < -0.4 is 5.32 Å². The van der Waals surface area contributed by atoms with Gasteiger partial charge in [0.25, 0.3) is 0 Å². The molecule has 0 aliphatic heterocycles. The molecule has 0 radical (unpaired) electrons. The summed E-state index contributed by atoms with van der Waals surface area (Å²) in [4.78, 5) is 0. The summed E-state index contributed by atoms with van der Waals surface area (Å²) in [5, 5.41) is 3.52. The fraction of sp³-hybridized carbons (Fsp3) is 0.538.